The minimum atomic E-state index is -0.0620. The molecule has 150 valence electrons. The van der Waals surface area contributed by atoms with Crippen LogP contribution in [0.2, 0.25) is 0 Å². The first-order valence-corrected chi connectivity index (χ1v) is 9.79. The van der Waals surface area contributed by atoms with E-state index in [-0.39, 0.29) is 5.60 Å². The Hall–Kier alpha value is -2.38. The molecule has 3 heterocycles. The minimum Gasteiger partial charge on any atom is -0.493 e. The molecule has 1 spiro atoms. The molecule has 0 saturated carbocycles. The number of hydrogen-bond acceptors (Lipinski definition) is 7. The number of anilines is 1. The summed E-state index contributed by atoms with van der Waals surface area (Å²) in [5.74, 6) is 2.50. The first-order chi connectivity index (χ1) is 13.7. The van der Waals surface area contributed by atoms with Crippen molar-refractivity contribution in [3.63, 3.8) is 0 Å². The zero-order valence-corrected chi connectivity index (χ0v) is 16.6. The molecule has 2 aliphatic heterocycles. The highest BCUT2D eigenvalue weighted by Gasteiger charge is 2.39. The Morgan fingerprint density at radius 3 is 2.61 bits per heavy atom. The second kappa shape index (κ2) is 8.32. The van der Waals surface area contributed by atoms with Gasteiger partial charge in [-0.05, 0) is 30.5 Å². The van der Waals surface area contributed by atoms with Crippen molar-refractivity contribution in [2.45, 2.75) is 25.0 Å². The van der Waals surface area contributed by atoms with E-state index in [4.69, 9.17) is 14.2 Å². The highest BCUT2D eigenvalue weighted by Crippen LogP contribution is 2.33. The molecule has 2 fully saturated rings. The van der Waals surface area contributed by atoms with Gasteiger partial charge in [-0.3, -0.25) is 9.88 Å². The van der Waals surface area contributed by atoms with Gasteiger partial charge in [0.1, 0.15) is 5.82 Å². The second-order valence-electron chi connectivity index (χ2n) is 7.48. The third-order valence-corrected chi connectivity index (χ3v) is 5.73. The van der Waals surface area contributed by atoms with E-state index in [1.807, 2.05) is 12.3 Å². The third kappa shape index (κ3) is 4.05. The van der Waals surface area contributed by atoms with Gasteiger partial charge in [-0.1, -0.05) is 6.07 Å². The van der Waals surface area contributed by atoms with Gasteiger partial charge in [0, 0.05) is 45.1 Å². The average molecular weight is 384 g/mol. The van der Waals surface area contributed by atoms with Gasteiger partial charge in [0.15, 0.2) is 11.5 Å². The fraction of sp³-hybridized carbons (Fsp3) is 0.524. The quantitative estimate of drug-likeness (QED) is 0.784. The Bertz CT molecular complexity index is 778. The molecule has 2 aliphatic rings. The number of morpholine rings is 1. The zero-order chi connectivity index (χ0) is 19.4. The lowest BCUT2D eigenvalue weighted by Gasteiger charge is -2.47. The van der Waals surface area contributed by atoms with Gasteiger partial charge in [0.05, 0.1) is 32.6 Å². The van der Waals surface area contributed by atoms with Crippen molar-refractivity contribution in [2.24, 2.45) is 0 Å². The Labute approximate surface area is 166 Å². The predicted molar refractivity (Wildman–Crippen MR) is 107 cm³/mol. The van der Waals surface area contributed by atoms with Crippen LogP contribution in [0.5, 0.6) is 11.5 Å². The largest absolute Gasteiger partial charge is 0.493 e. The van der Waals surface area contributed by atoms with Gasteiger partial charge in [0.25, 0.3) is 0 Å². The van der Waals surface area contributed by atoms with Gasteiger partial charge in [-0.25, -0.2) is 4.98 Å². The predicted octanol–water partition coefficient (Wildman–Crippen LogP) is 2.37. The molecule has 7 heteroatoms. The molecule has 2 aromatic rings. The number of ether oxygens (including phenoxy) is 3. The van der Waals surface area contributed by atoms with Crippen LogP contribution in [0.4, 0.5) is 5.82 Å². The Morgan fingerprint density at radius 1 is 1.07 bits per heavy atom. The number of hydrogen-bond donors (Lipinski definition) is 0. The number of rotatable bonds is 5. The van der Waals surface area contributed by atoms with Crippen LogP contribution < -0.4 is 14.4 Å². The molecular weight excluding hydrogens is 356 g/mol. The summed E-state index contributed by atoms with van der Waals surface area (Å²) in [5, 5.41) is 0. The highest BCUT2D eigenvalue weighted by molar-refractivity contribution is 5.43. The van der Waals surface area contributed by atoms with Crippen LogP contribution in [0.1, 0.15) is 18.4 Å². The monoisotopic (exact) mass is 384 g/mol. The highest BCUT2D eigenvalue weighted by atomic mass is 16.5. The van der Waals surface area contributed by atoms with Crippen LogP contribution in [0.25, 0.3) is 0 Å². The molecule has 0 N–H and O–H groups in total. The van der Waals surface area contributed by atoms with E-state index >= 15 is 0 Å². The maximum atomic E-state index is 6.29. The first kappa shape index (κ1) is 19.0. The molecule has 0 bridgehead atoms. The molecule has 0 unspecified atom stereocenters. The number of benzene rings is 1. The molecule has 2 saturated heterocycles. The second-order valence-corrected chi connectivity index (χ2v) is 7.48. The van der Waals surface area contributed by atoms with Gasteiger partial charge in [0.2, 0.25) is 0 Å². The summed E-state index contributed by atoms with van der Waals surface area (Å²) in [7, 11) is 3.34. The summed E-state index contributed by atoms with van der Waals surface area (Å²) in [5.41, 5.74) is 1.17. The Kier molecular flexibility index (Phi) is 5.64. The zero-order valence-electron chi connectivity index (χ0n) is 16.6. The Morgan fingerprint density at radius 2 is 1.89 bits per heavy atom. The summed E-state index contributed by atoms with van der Waals surface area (Å²) in [6, 6.07) is 6.15. The molecule has 0 amide bonds. The van der Waals surface area contributed by atoms with Crippen LogP contribution in [0.15, 0.2) is 36.8 Å². The van der Waals surface area contributed by atoms with Crippen molar-refractivity contribution >= 4 is 5.82 Å². The number of aromatic nitrogens is 2. The minimum absolute atomic E-state index is 0.0620. The average Bonchev–Trinajstić information content (AvgIpc) is 2.75. The van der Waals surface area contributed by atoms with Crippen molar-refractivity contribution in [3.8, 4) is 11.5 Å². The SMILES string of the molecule is COc1ccc(CN2CCOC3(CCN(c4cnccn4)CC3)C2)cc1OC. The van der Waals surface area contributed by atoms with Crippen molar-refractivity contribution in [2.75, 3.05) is 51.9 Å². The molecule has 4 rings (SSSR count). The van der Waals surface area contributed by atoms with Crippen LogP contribution in [-0.4, -0.2) is 67.5 Å². The summed E-state index contributed by atoms with van der Waals surface area (Å²) >= 11 is 0. The third-order valence-electron chi connectivity index (χ3n) is 5.73. The van der Waals surface area contributed by atoms with Crippen LogP contribution in [0, 0.1) is 0 Å². The molecule has 0 radical (unpaired) electrons. The number of methoxy groups -OCH3 is 2. The lowest BCUT2D eigenvalue weighted by atomic mass is 9.89. The fourth-order valence-electron chi connectivity index (χ4n) is 4.20. The van der Waals surface area contributed by atoms with Crippen molar-refractivity contribution in [1.82, 2.24) is 14.9 Å². The van der Waals surface area contributed by atoms with Gasteiger partial charge in [-0.15, -0.1) is 0 Å². The van der Waals surface area contributed by atoms with E-state index in [2.05, 4.69) is 31.9 Å². The lowest BCUT2D eigenvalue weighted by Crippen LogP contribution is -2.56. The van der Waals surface area contributed by atoms with Crippen LogP contribution in [-0.2, 0) is 11.3 Å². The normalized spacial score (nSPS) is 19.6. The maximum absolute atomic E-state index is 6.29. The topological polar surface area (TPSA) is 60.0 Å². The standard InChI is InChI=1S/C21H28N4O3/c1-26-18-4-3-17(13-19(18)27-2)15-24-11-12-28-21(16-24)5-9-25(10-6-21)20-14-22-7-8-23-20/h3-4,7-8,13-14H,5-6,9-12,15-16H2,1-2H3. The molecule has 1 aromatic carbocycles. The lowest BCUT2D eigenvalue weighted by molar-refractivity contribution is -0.122. The fourth-order valence-corrected chi connectivity index (χ4v) is 4.20. The van der Waals surface area contributed by atoms with E-state index in [0.29, 0.717) is 0 Å². The summed E-state index contributed by atoms with van der Waals surface area (Å²) in [6.45, 7) is 5.46. The molecule has 7 nitrogen and oxygen atoms in total. The van der Waals surface area contributed by atoms with Gasteiger partial charge < -0.3 is 19.1 Å². The van der Waals surface area contributed by atoms with Crippen LogP contribution in [0.3, 0.4) is 0 Å². The number of nitrogens with zero attached hydrogens (tertiary/aromatic N) is 4. The van der Waals surface area contributed by atoms with Crippen molar-refractivity contribution < 1.29 is 14.2 Å². The van der Waals surface area contributed by atoms with Gasteiger partial charge in [-0.2, -0.15) is 0 Å². The van der Waals surface area contributed by atoms with E-state index in [9.17, 15) is 0 Å². The Balaban J connectivity index is 1.38. The van der Waals surface area contributed by atoms with E-state index in [1.165, 1.54) is 5.56 Å². The maximum Gasteiger partial charge on any atom is 0.161 e. The molecule has 0 aliphatic carbocycles. The van der Waals surface area contributed by atoms with Crippen molar-refractivity contribution in [1.29, 1.82) is 0 Å². The number of piperidine rings is 1. The van der Waals surface area contributed by atoms with E-state index in [1.54, 1.807) is 26.6 Å². The van der Waals surface area contributed by atoms with E-state index in [0.717, 1.165) is 69.5 Å². The van der Waals surface area contributed by atoms with Gasteiger partial charge >= 0.3 is 0 Å². The summed E-state index contributed by atoms with van der Waals surface area (Å²) < 4.78 is 17.1. The molecule has 0 atom stereocenters. The molecular formula is C21H28N4O3. The smallest absolute Gasteiger partial charge is 0.161 e. The molecule has 28 heavy (non-hydrogen) atoms. The van der Waals surface area contributed by atoms with Crippen molar-refractivity contribution in [3.05, 3.63) is 42.4 Å². The van der Waals surface area contributed by atoms with Crippen LogP contribution >= 0.6 is 0 Å². The summed E-state index contributed by atoms with van der Waals surface area (Å²) in [4.78, 5) is 13.4. The molecule has 1 aromatic heterocycles. The van der Waals surface area contributed by atoms with E-state index < -0.39 is 0 Å². The first-order valence-electron chi connectivity index (χ1n) is 9.79. The summed E-state index contributed by atoms with van der Waals surface area (Å²) in [6.07, 6.45) is 7.31.